The van der Waals surface area contributed by atoms with Crippen molar-refractivity contribution in [2.75, 3.05) is 13.1 Å². The van der Waals surface area contributed by atoms with Crippen molar-refractivity contribution in [3.8, 4) is 0 Å². The molecule has 0 bridgehead atoms. The molecule has 0 aliphatic rings. The van der Waals surface area contributed by atoms with Crippen molar-refractivity contribution in [2.45, 2.75) is 19.9 Å². The van der Waals surface area contributed by atoms with Crippen LogP contribution >= 0.6 is 0 Å². The van der Waals surface area contributed by atoms with Crippen LogP contribution in [0, 0.1) is 0 Å². The molecule has 0 aromatic heterocycles. The van der Waals surface area contributed by atoms with Crippen molar-refractivity contribution in [3.63, 3.8) is 0 Å². The summed E-state index contributed by atoms with van der Waals surface area (Å²) >= 11 is 0. The van der Waals surface area contributed by atoms with Gasteiger partial charge in [0.25, 0.3) is 0 Å². The number of carbonyl (C=O) groups is 1. The smallest absolute Gasteiger partial charge is 0.234 e. The number of amides is 1. The first kappa shape index (κ1) is 11.7. The standard InChI is InChI=1S/C12H18N2O/c1-3-13-9-12(15)14-10(2)11-7-5-4-6-8-11/h4-8,10,13H,3,9H2,1-2H3,(H,14,15)/t10-/m0/s1. The van der Waals surface area contributed by atoms with Crippen LogP contribution in [-0.2, 0) is 4.79 Å². The summed E-state index contributed by atoms with van der Waals surface area (Å²) in [7, 11) is 0. The van der Waals surface area contributed by atoms with Gasteiger partial charge in [-0.1, -0.05) is 37.3 Å². The van der Waals surface area contributed by atoms with Crippen LogP contribution in [0.4, 0.5) is 0 Å². The van der Waals surface area contributed by atoms with Crippen molar-refractivity contribution in [1.82, 2.24) is 10.6 Å². The van der Waals surface area contributed by atoms with E-state index in [1.54, 1.807) is 0 Å². The monoisotopic (exact) mass is 206 g/mol. The lowest BCUT2D eigenvalue weighted by Gasteiger charge is -2.14. The third kappa shape index (κ3) is 4.13. The molecule has 0 unspecified atom stereocenters. The third-order valence-corrected chi connectivity index (χ3v) is 2.21. The molecule has 0 heterocycles. The van der Waals surface area contributed by atoms with Gasteiger partial charge < -0.3 is 10.6 Å². The van der Waals surface area contributed by atoms with Crippen molar-refractivity contribution in [3.05, 3.63) is 35.9 Å². The summed E-state index contributed by atoms with van der Waals surface area (Å²) in [5, 5.41) is 5.92. The molecule has 1 rings (SSSR count). The molecule has 1 aromatic carbocycles. The first-order chi connectivity index (χ1) is 7.24. The van der Waals surface area contributed by atoms with E-state index in [-0.39, 0.29) is 11.9 Å². The summed E-state index contributed by atoms with van der Waals surface area (Å²) in [6.45, 7) is 5.16. The maximum Gasteiger partial charge on any atom is 0.234 e. The highest BCUT2D eigenvalue weighted by Crippen LogP contribution is 2.10. The van der Waals surface area contributed by atoms with Crippen LogP contribution in [0.2, 0.25) is 0 Å². The third-order valence-electron chi connectivity index (χ3n) is 2.21. The van der Waals surface area contributed by atoms with E-state index in [9.17, 15) is 4.79 Å². The Balaban J connectivity index is 2.42. The first-order valence-corrected chi connectivity index (χ1v) is 5.29. The number of rotatable bonds is 5. The molecule has 1 amide bonds. The molecule has 0 aliphatic heterocycles. The molecular weight excluding hydrogens is 188 g/mol. The lowest BCUT2D eigenvalue weighted by atomic mass is 10.1. The van der Waals surface area contributed by atoms with Gasteiger partial charge in [-0.3, -0.25) is 4.79 Å². The van der Waals surface area contributed by atoms with E-state index in [1.165, 1.54) is 0 Å². The van der Waals surface area contributed by atoms with E-state index in [1.807, 2.05) is 44.2 Å². The molecule has 0 radical (unpaired) electrons. The lowest BCUT2D eigenvalue weighted by molar-refractivity contribution is -0.120. The van der Waals surface area contributed by atoms with Gasteiger partial charge in [0.15, 0.2) is 0 Å². The fourth-order valence-corrected chi connectivity index (χ4v) is 1.36. The number of nitrogens with one attached hydrogen (secondary N) is 2. The van der Waals surface area contributed by atoms with Crippen molar-refractivity contribution < 1.29 is 4.79 Å². The zero-order chi connectivity index (χ0) is 11.1. The highest BCUT2D eigenvalue weighted by molar-refractivity contribution is 5.78. The van der Waals surface area contributed by atoms with Gasteiger partial charge in [-0.2, -0.15) is 0 Å². The number of carbonyl (C=O) groups excluding carboxylic acids is 1. The molecule has 0 saturated carbocycles. The summed E-state index contributed by atoms with van der Waals surface area (Å²) in [6, 6.07) is 10.0. The number of likely N-dealkylation sites (N-methyl/N-ethyl adjacent to an activating group) is 1. The largest absolute Gasteiger partial charge is 0.348 e. The Morgan fingerprint density at radius 2 is 2.00 bits per heavy atom. The minimum Gasteiger partial charge on any atom is -0.348 e. The Morgan fingerprint density at radius 1 is 1.33 bits per heavy atom. The SMILES string of the molecule is CCNCC(=O)N[C@@H](C)c1ccccc1. The van der Waals surface area contributed by atoms with Crippen LogP contribution in [0.15, 0.2) is 30.3 Å². The Hall–Kier alpha value is -1.35. The number of hydrogen-bond acceptors (Lipinski definition) is 2. The summed E-state index contributed by atoms with van der Waals surface area (Å²) in [6.07, 6.45) is 0. The molecule has 1 atom stereocenters. The quantitative estimate of drug-likeness (QED) is 0.766. The Bertz CT molecular complexity index is 298. The molecule has 3 nitrogen and oxygen atoms in total. The highest BCUT2D eigenvalue weighted by atomic mass is 16.1. The zero-order valence-corrected chi connectivity index (χ0v) is 9.29. The fourth-order valence-electron chi connectivity index (χ4n) is 1.36. The summed E-state index contributed by atoms with van der Waals surface area (Å²) in [5.74, 6) is 0.0354. The van der Waals surface area contributed by atoms with Gasteiger partial charge in [-0.05, 0) is 19.0 Å². The van der Waals surface area contributed by atoms with Crippen LogP contribution in [0.3, 0.4) is 0 Å². The number of benzene rings is 1. The van der Waals surface area contributed by atoms with Crippen molar-refractivity contribution in [2.24, 2.45) is 0 Å². The second-order valence-electron chi connectivity index (χ2n) is 3.48. The molecule has 0 saturated heterocycles. The second kappa shape index (κ2) is 6.19. The van der Waals surface area contributed by atoms with E-state index < -0.39 is 0 Å². The maximum absolute atomic E-state index is 11.4. The molecule has 2 N–H and O–H groups in total. The maximum atomic E-state index is 11.4. The Morgan fingerprint density at radius 3 is 2.60 bits per heavy atom. The summed E-state index contributed by atoms with van der Waals surface area (Å²) in [4.78, 5) is 11.4. The average molecular weight is 206 g/mol. The van der Waals surface area contributed by atoms with E-state index in [0.717, 1.165) is 12.1 Å². The Labute approximate surface area is 90.9 Å². The summed E-state index contributed by atoms with van der Waals surface area (Å²) < 4.78 is 0. The van der Waals surface area contributed by atoms with Crippen LogP contribution in [-0.4, -0.2) is 19.0 Å². The van der Waals surface area contributed by atoms with E-state index in [0.29, 0.717) is 6.54 Å². The van der Waals surface area contributed by atoms with Gasteiger partial charge in [0.1, 0.15) is 0 Å². The summed E-state index contributed by atoms with van der Waals surface area (Å²) in [5.41, 5.74) is 1.13. The van der Waals surface area contributed by atoms with Gasteiger partial charge in [0.05, 0.1) is 12.6 Å². The highest BCUT2D eigenvalue weighted by Gasteiger charge is 2.07. The zero-order valence-electron chi connectivity index (χ0n) is 9.29. The number of hydrogen-bond donors (Lipinski definition) is 2. The normalized spacial score (nSPS) is 12.1. The predicted octanol–water partition coefficient (Wildman–Crippen LogP) is 1.47. The van der Waals surface area contributed by atoms with E-state index in [4.69, 9.17) is 0 Å². The lowest BCUT2D eigenvalue weighted by Crippen LogP contribution is -2.35. The minimum atomic E-state index is 0.0354. The molecule has 82 valence electrons. The van der Waals surface area contributed by atoms with Crippen molar-refractivity contribution >= 4 is 5.91 Å². The molecule has 3 heteroatoms. The van der Waals surface area contributed by atoms with Crippen LogP contribution in [0.1, 0.15) is 25.5 Å². The van der Waals surface area contributed by atoms with Crippen molar-refractivity contribution in [1.29, 1.82) is 0 Å². The molecular formula is C12H18N2O. The molecule has 0 spiro atoms. The van der Waals surface area contributed by atoms with Gasteiger partial charge >= 0.3 is 0 Å². The molecule has 1 aromatic rings. The van der Waals surface area contributed by atoms with Gasteiger partial charge in [0.2, 0.25) is 5.91 Å². The van der Waals surface area contributed by atoms with Gasteiger partial charge in [-0.25, -0.2) is 0 Å². The fraction of sp³-hybridized carbons (Fsp3) is 0.417. The van der Waals surface area contributed by atoms with Crippen LogP contribution in [0.5, 0.6) is 0 Å². The molecule has 15 heavy (non-hydrogen) atoms. The first-order valence-electron chi connectivity index (χ1n) is 5.29. The minimum absolute atomic E-state index is 0.0354. The topological polar surface area (TPSA) is 41.1 Å². The van der Waals surface area contributed by atoms with Gasteiger partial charge in [0, 0.05) is 0 Å². The van der Waals surface area contributed by atoms with Crippen LogP contribution in [0.25, 0.3) is 0 Å². The molecule has 0 fully saturated rings. The van der Waals surface area contributed by atoms with E-state index in [2.05, 4.69) is 10.6 Å². The van der Waals surface area contributed by atoms with Crippen LogP contribution < -0.4 is 10.6 Å². The molecule has 0 aliphatic carbocycles. The second-order valence-corrected chi connectivity index (χ2v) is 3.48. The predicted molar refractivity (Wildman–Crippen MR) is 61.5 cm³/mol. The van der Waals surface area contributed by atoms with Gasteiger partial charge in [-0.15, -0.1) is 0 Å². The van der Waals surface area contributed by atoms with E-state index >= 15 is 0 Å². The average Bonchev–Trinajstić information content (AvgIpc) is 2.27. The Kier molecular flexibility index (Phi) is 4.84.